The van der Waals surface area contributed by atoms with Gasteiger partial charge in [-0.2, -0.15) is 11.8 Å². The summed E-state index contributed by atoms with van der Waals surface area (Å²) in [6.45, 7) is 6.06. The molecule has 110 valence electrons. The first kappa shape index (κ1) is 15.4. The van der Waals surface area contributed by atoms with E-state index < -0.39 is 0 Å². The van der Waals surface area contributed by atoms with Crippen molar-refractivity contribution in [3.63, 3.8) is 0 Å². The maximum absolute atomic E-state index is 12.7. The number of ketones is 1. The van der Waals surface area contributed by atoms with Crippen LogP contribution in [-0.4, -0.2) is 21.9 Å². The number of hydrogen-bond donors (Lipinski definition) is 1. The predicted molar refractivity (Wildman–Crippen MR) is 85.6 cm³/mol. The van der Waals surface area contributed by atoms with Gasteiger partial charge in [0, 0.05) is 0 Å². The number of Topliss-reactive ketones (excluding diaryl/α,β-unsaturated/α-hetero) is 1. The molecule has 1 aliphatic carbocycles. The summed E-state index contributed by atoms with van der Waals surface area (Å²) in [5.74, 6) is 1.74. The highest BCUT2D eigenvalue weighted by molar-refractivity contribution is 8.00. The lowest BCUT2D eigenvalue weighted by Gasteiger charge is -2.40. The molecule has 2 unspecified atom stereocenters. The lowest BCUT2D eigenvalue weighted by atomic mass is 9.67. The molecule has 2 aliphatic rings. The van der Waals surface area contributed by atoms with E-state index in [1.165, 1.54) is 12.0 Å². The summed E-state index contributed by atoms with van der Waals surface area (Å²) in [6.07, 6.45) is 4.03. The van der Waals surface area contributed by atoms with Crippen LogP contribution in [0.5, 0.6) is 5.75 Å². The first-order valence-electron chi connectivity index (χ1n) is 7.59. The molecule has 1 fully saturated rings. The average Bonchev–Trinajstić information content (AvgIpc) is 2.46. The fourth-order valence-corrected chi connectivity index (χ4v) is 4.60. The molecule has 1 aromatic rings. The van der Waals surface area contributed by atoms with Gasteiger partial charge in [0.25, 0.3) is 0 Å². The Kier molecular flexibility index (Phi) is 4.79. The van der Waals surface area contributed by atoms with Crippen molar-refractivity contribution in [2.75, 3.05) is 5.75 Å². The minimum absolute atomic E-state index is 0.118. The van der Waals surface area contributed by atoms with Gasteiger partial charge in [0.05, 0.1) is 10.7 Å². The van der Waals surface area contributed by atoms with Gasteiger partial charge in [-0.1, -0.05) is 26.3 Å². The molecule has 1 aromatic carbocycles. The number of phenolic OH excluding ortho intramolecular Hbond substituents is 1. The minimum Gasteiger partial charge on any atom is -0.508 e. The molecular weight excluding hydrogens is 268 g/mol. The lowest BCUT2D eigenvalue weighted by Crippen LogP contribution is -2.45. The Balaban J connectivity index is 0.000000704. The van der Waals surface area contributed by atoms with E-state index in [4.69, 9.17) is 0 Å². The standard InChI is InChI=1S/C15H18O2S.C2H6/c1-15-6-2-3-7-18-13(14(15)17)8-10-4-5-11(16)9-12(10)15;1-2/h4-5,9,13,16H,2-3,6-8H2,1H3;1-2H3. The van der Waals surface area contributed by atoms with Gasteiger partial charge >= 0.3 is 0 Å². The van der Waals surface area contributed by atoms with E-state index in [0.717, 1.165) is 30.6 Å². The highest BCUT2D eigenvalue weighted by atomic mass is 32.2. The maximum atomic E-state index is 12.7. The second-order valence-corrected chi connectivity index (χ2v) is 6.87. The van der Waals surface area contributed by atoms with Crippen LogP contribution in [-0.2, 0) is 16.6 Å². The molecule has 0 spiro atoms. The summed E-state index contributed by atoms with van der Waals surface area (Å²) in [4.78, 5) is 12.7. The zero-order valence-corrected chi connectivity index (χ0v) is 13.4. The highest BCUT2D eigenvalue weighted by Crippen LogP contribution is 2.44. The SMILES string of the molecule is CC.CC12CCCCSC(Cc3ccc(O)cc31)C2=O. The van der Waals surface area contributed by atoms with Crippen LogP contribution >= 0.6 is 11.8 Å². The molecule has 2 atom stereocenters. The van der Waals surface area contributed by atoms with Crippen LogP contribution < -0.4 is 0 Å². The zero-order valence-electron chi connectivity index (χ0n) is 12.6. The molecule has 1 saturated heterocycles. The van der Waals surface area contributed by atoms with Crippen LogP contribution in [0.3, 0.4) is 0 Å². The fourth-order valence-electron chi connectivity index (χ4n) is 3.24. The van der Waals surface area contributed by atoms with Gasteiger partial charge in [0.2, 0.25) is 0 Å². The summed E-state index contributed by atoms with van der Waals surface area (Å²) >= 11 is 1.81. The fraction of sp³-hybridized carbons (Fsp3) is 0.588. The summed E-state index contributed by atoms with van der Waals surface area (Å²) in [6, 6.07) is 5.53. The van der Waals surface area contributed by atoms with Gasteiger partial charge in [-0.15, -0.1) is 0 Å². The monoisotopic (exact) mass is 292 g/mol. The van der Waals surface area contributed by atoms with Crippen molar-refractivity contribution < 1.29 is 9.90 Å². The van der Waals surface area contributed by atoms with Gasteiger partial charge in [-0.25, -0.2) is 0 Å². The number of benzene rings is 1. The molecule has 1 heterocycles. The Morgan fingerprint density at radius 2 is 2.05 bits per heavy atom. The summed E-state index contributed by atoms with van der Waals surface area (Å²) in [5.41, 5.74) is 1.92. The van der Waals surface area contributed by atoms with Crippen molar-refractivity contribution in [2.45, 2.75) is 57.1 Å². The van der Waals surface area contributed by atoms with Crippen LogP contribution in [0.15, 0.2) is 18.2 Å². The number of aromatic hydroxyl groups is 1. The first-order valence-corrected chi connectivity index (χ1v) is 8.64. The number of carbonyl (C=O) groups is 1. The van der Waals surface area contributed by atoms with Crippen molar-refractivity contribution in [1.82, 2.24) is 0 Å². The van der Waals surface area contributed by atoms with Crippen LogP contribution in [0.25, 0.3) is 0 Å². The number of carbonyl (C=O) groups excluding carboxylic acids is 1. The molecular formula is C17H24O2S. The number of fused-ring (bicyclic) bond motifs is 4. The van der Waals surface area contributed by atoms with Crippen molar-refractivity contribution >= 4 is 17.5 Å². The second-order valence-electron chi connectivity index (χ2n) is 5.56. The summed E-state index contributed by atoms with van der Waals surface area (Å²) in [5, 5.41) is 9.81. The zero-order chi connectivity index (χ0) is 14.8. The third-order valence-corrected chi connectivity index (χ3v) is 5.63. The second kappa shape index (κ2) is 6.21. The molecule has 0 amide bonds. The minimum atomic E-state index is -0.385. The van der Waals surface area contributed by atoms with Gasteiger partial charge in [0.15, 0.2) is 5.78 Å². The van der Waals surface area contributed by atoms with Gasteiger partial charge in [0.1, 0.15) is 5.75 Å². The van der Waals surface area contributed by atoms with E-state index in [1.807, 2.05) is 31.7 Å². The van der Waals surface area contributed by atoms with Crippen LogP contribution in [0.2, 0.25) is 0 Å². The van der Waals surface area contributed by atoms with Crippen LogP contribution in [0, 0.1) is 0 Å². The molecule has 1 aliphatic heterocycles. The number of thioether (sulfide) groups is 1. The van der Waals surface area contributed by atoms with Crippen molar-refractivity contribution in [1.29, 1.82) is 0 Å². The van der Waals surface area contributed by atoms with Crippen LogP contribution in [0.4, 0.5) is 0 Å². The Hall–Kier alpha value is -0.960. The van der Waals surface area contributed by atoms with E-state index in [-0.39, 0.29) is 16.4 Å². The van der Waals surface area contributed by atoms with E-state index in [2.05, 4.69) is 6.92 Å². The molecule has 2 bridgehead atoms. The first-order chi connectivity index (χ1) is 9.61. The lowest BCUT2D eigenvalue weighted by molar-refractivity contribution is -0.124. The van der Waals surface area contributed by atoms with Gasteiger partial charge in [-0.3, -0.25) is 4.79 Å². The van der Waals surface area contributed by atoms with Gasteiger partial charge < -0.3 is 5.11 Å². The predicted octanol–water partition coefficient (Wildman–Crippen LogP) is 4.09. The molecule has 3 rings (SSSR count). The quantitative estimate of drug-likeness (QED) is 0.782. The van der Waals surface area contributed by atoms with Gasteiger partial charge in [-0.05, 0) is 55.2 Å². The Labute approximate surface area is 126 Å². The molecule has 0 saturated carbocycles. The molecule has 3 heteroatoms. The molecule has 2 nitrogen and oxygen atoms in total. The van der Waals surface area contributed by atoms with E-state index >= 15 is 0 Å². The number of hydrogen-bond acceptors (Lipinski definition) is 3. The molecule has 0 aromatic heterocycles. The molecule has 1 N–H and O–H groups in total. The molecule has 20 heavy (non-hydrogen) atoms. The third kappa shape index (κ3) is 2.60. The average molecular weight is 292 g/mol. The van der Waals surface area contributed by atoms with E-state index in [0.29, 0.717) is 5.78 Å². The Morgan fingerprint density at radius 3 is 2.80 bits per heavy atom. The number of rotatable bonds is 0. The van der Waals surface area contributed by atoms with Crippen molar-refractivity contribution in [3.8, 4) is 5.75 Å². The van der Waals surface area contributed by atoms with Crippen molar-refractivity contribution in [2.24, 2.45) is 0 Å². The van der Waals surface area contributed by atoms with E-state index in [1.54, 1.807) is 12.1 Å². The topological polar surface area (TPSA) is 37.3 Å². The highest BCUT2D eigenvalue weighted by Gasteiger charge is 2.45. The van der Waals surface area contributed by atoms with Crippen LogP contribution in [0.1, 0.15) is 51.2 Å². The van der Waals surface area contributed by atoms with Crippen molar-refractivity contribution in [3.05, 3.63) is 29.3 Å². The largest absolute Gasteiger partial charge is 0.508 e. The normalized spacial score (nSPS) is 28.6. The molecule has 0 radical (unpaired) electrons. The van der Waals surface area contributed by atoms with E-state index in [9.17, 15) is 9.90 Å². The number of phenols is 1. The Bertz CT molecular complexity index is 498. The third-order valence-electron chi connectivity index (χ3n) is 4.32. The summed E-state index contributed by atoms with van der Waals surface area (Å²) in [7, 11) is 0. The summed E-state index contributed by atoms with van der Waals surface area (Å²) < 4.78 is 0. The Morgan fingerprint density at radius 1 is 1.30 bits per heavy atom. The maximum Gasteiger partial charge on any atom is 0.156 e. The smallest absolute Gasteiger partial charge is 0.156 e.